The molecule has 0 radical (unpaired) electrons. The molecule has 2 heterocycles. The van der Waals surface area contributed by atoms with Crippen molar-refractivity contribution in [3.05, 3.63) is 24.3 Å². The highest BCUT2D eigenvalue weighted by atomic mass is 16.5. The number of anilines is 1. The summed E-state index contributed by atoms with van der Waals surface area (Å²) < 4.78 is 5.57. The van der Waals surface area contributed by atoms with Gasteiger partial charge in [0.2, 0.25) is 5.91 Å². The molecule has 1 atom stereocenters. The number of hydrogen-bond acceptors (Lipinski definition) is 4. The fourth-order valence-corrected chi connectivity index (χ4v) is 3.41. The lowest BCUT2D eigenvalue weighted by molar-refractivity contribution is -0.114. The molecule has 136 valence electrons. The third-order valence-corrected chi connectivity index (χ3v) is 4.78. The highest BCUT2D eigenvalue weighted by Gasteiger charge is 2.42. The molecule has 1 aromatic carbocycles. The molecule has 2 fully saturated rings. The van der Waals surface area contributed by atoms with Crippen LogP contribution in [0.1, 0.15) is 19.8 Å². The Morgan fingerprint density at radius 1 is 1.36 bits per heavy atom. The fourth-order valence-electron chi connectivity index (χ4n) is 3.41. The molecule has 0 saturated carbocycles. The van der Waals surface area contributed by atoms with Crippen molar-refractivity contribution < 1.29 is 14.6 Å². The van der Waals surface area contributed by atoms with E-state index < -0.39 is 0 Å². The molecule has 3 N–H and O–H groups in total. The number of carbonyl (C=O) groups is 1. The molecule has 0 aromatic heterocycles. The predicted octanol–water partition coefficient (Wildman–Crippen LogP) is 1.41. The summed E-state index contributed by atoms with van der Waals surface area (Å²) in [6.45, 7) is 6.38. The Kier molecular flexibility index (Phi) is 5.43. The van der Waals surface area contributed by atoms with E-state index in [1.54, 1.807) is 12.1 Å². The van der Waals surface area contributed by atoms with Gasteiger partial charge in [0.25, 0.3) is 0 Å². The molecule has 2 saturated heterocycles. The molecule has 0 bridgehead atoms. The van der Waals surface area contributed by atoms with Crippen molar-refractivity contribution in [1.29, 1.82) is 0 Å². The Bertz CT molecular complexity index is 624. The summed E-state index contributed by atoms with van der Waals surface area (Å²) in [5.74, 6) is 0.774. The van der Waals surface area contributed by atoms with Gasteiger partial charge in [-0.3, -0.25) is 4.79 Å². The zero-order chi connectivity index (χ0) is 17.7. The van der Waals surface area contributed by atoms with Gasteiger partial charge < -0.3 is 25.4 Å². The molecule has 0 aliphatic carbocycles. The van der Waals surface area contributed by atoms with Crippen molar-refractivity contribution in [2.45, 2.75) is 19.8 Å². The van der Waals surface area contributed by atoms with Gasteiger partial charge in [0.1, 0.15) is 12.3 Å². The smallest absolute Gasteiger partial charge is 0.246 e. The summed E-state index contributed by atoms with van der Waals surface area (Å²) in [5.41, 5.74) is 0.899. The van der Waals surface area contributed by atoms with Crippen LogP contribution < -0.4 is 10.6 Å². The largest absolute Gasteiger partial charge is 0.508 e. The second-order valence-electron chi connectivity index (χ2n) is 6.74. The number of aromatic hydroxyl groups is 1. The maximum absolute atomic E-state index is 12.1. The SMILES string of the molecule is CCNC(=NCC(=O)Nc1ccc(O)cc1)N1CCC2(CCOC2)C1. The molecule has 3 rings (SSSR count). The van der Waals surface area contributed by atoms with Gasteiger partial charge in [-0.25, -0.2) is 4.99 Å². The summed E-state index contributed by atoms with van der Waals surface area (Å²) in [5, 5.41) is 15.3. The Labute approximate surface area is 148 Å². The number of benzene rings is 1. The predicted molar refractivity (Wildman–Crippen MR) is 96.8 cm³/mol. The van der Waals surface area contributed by atoms with Gasteiger partial charge in [-0.15, -0.1) is 0 Å². The van der Waals surface area contributed by atoms with Crippen LogP contribution in [0.4, 0.5) is 5.69 Å². The number of phenolic OH excluding ortho intramolecular Hbond substituents is 1. The van der Waals surface area contributed by atoms with Crippen LogP contribution in [0.3, 0.4) is 0 Å². The fraction of sp³-hybridized carbons (Fsp3) is 0.556. The number of nitrogens with zero attached hydrogens (tertiary/aromatic N) is 2. The highest BCUT2D eigenvalue weighted by Crippen LogP contribution is 2.38. The van der Waals surface area contributed by atoms with E-state index >= 15 is 0 Å². The van der Waals surface area contributed by atoms with Crippen molar-refractivity contribution in [1.82, 2.24) is 10.2 Å². The van der Waals surface area contributed by atoms with Crippen LogP contribution in [0.25, 0.3) is 0 Å². The number of likely N-dealkylation sites (tertiary alicyclic amines) is 1. The van der Waals surface area contributed by atoms with Gasteiger partial charge in [0, 0.05) is 37.3 Å². The van der Waals surface area contributed by atoms with Gasteiger partial charge >= 0.3 is 0 Å². The van der Waals surface area contributed by atoms with Crippen molar-refractivity contribution in [3.63, 3.8) is 0 Å². The number of carbonyl (C=O) groups excluding carboxylic acids is 1. The van der Waals surface area contributed by atoms with Gasteiger partial charge in [-0.05, 0) is 44.0 Å². The lowest BCUT2D eigenvalue weighted by Gasteiger charge is -2.24. The van der Waals surface area contributed by atoms with E-state index in [4.69, 9.17) is 4.74 Å². The van der Waals surface area contributed by atoms with Crippen molar-refractivity contribution in [2.24, 2.45) is 10.4 Å². The number of phenols is 1. The lowest BCUT2D eigenvalue weighted by Crippen LogP contribution is -2.42. The van der Waals surface area contributed by atoms with E-state index in [0.717, 1.165) is 51.6 Å². The number of amides is 1. The monoisotopic (exact) mass is 346 g/mol. The molecular formula is C18H26N4O3. The topological polar surface area (TPSA) is 86.2 Å². The molecule has 1 spiro atoms. The maximum atomic E-state index is 12.1. The van der Waals surface area contributed by atoms with E-state index in [1.165, 1.54) is 12.1 Å². The molecule has 2 aliphatic heterocycles. The zero-order valence-corrected chi connectivity index (χ0v) is 14.6. The Balaban J connectivity index is 1.58. The number of rotatable bonds is 4. The molecule has 7 nitrogen and oxygen atoms in total. The minimum absolute atomic E-state index is 0.0587. The molecule has 1 unspecified atom stereocenters. The maximum Gasteiger partial charge on any atom is 0.246 e. The van der Waals surface area contributed by atoms with E-state index in [0.29, 0.717) is 5.69 Å². The molecule has 7 heteroatoms. The summed E-state index contributed by atoms with van der Waals surface area (Å²) in [4.78, 5) is 18.8. The van der Waals surface area contributed by atoms with Crippen LogP contribution in [0.2, 0.25) is 0 Å². The number of aliphatic imine (C=N–C) groups is 1. The van der Waals surface area contributed by atoms with Crippen LogP contribution in [0, 0.1) is 5.41 Å². The molecule has 1 aromatic rings. The van der Waals surface area contributed by atoms with Crippen LogP contribution in [-0.2, 0) is 9.53 Å². The number of hydrogen-bond donors (Lipinski definition) is 3. The second kappa shape index (κ2) is 7.74. The van der Waals surface area contributed by atoms with Gasteiger partial charge in [-0.1, -0.05) is 0 Å². The highest BCUT2D eigenvalue weighted by molar-refractivity contribution is 5.94. The first-order valence-corrected chi connectivity index (χ1v) is 8.80. The quantitative estimate of drug-likeness (QED) is 0.436. The summed E-state index contributed by atoms with van der Waals surface area (Å²) in [6, 6.07) is 6.39. The Morgan fingerprint density at radius 2 is 2.16 bits per heavy atom. The minimum Gasteiger partial charge on any atom is -0.508 e. The van der Waals surface area contributed by atoms with Crippen LogP contribution in [0.15, 0.2) is 29.3 Å². The molecule has 25 heavy (non-hydrogen) atoms. The van der Waals surface area contributed by atoms with E-state index in [-0.39, 0.29) is 23.6 Å². The van der Waals surface area contributed by atoms with Crippen LogP contribution in [0.5, 0.6) is 5.75 Å². The van der Waals surface area contributed by atoms with Gasteiger partial charge in [0.05, 0.1) is 6.61 Å². The third-order valence-electron chi connectivity index (χ3n) is 4.78. The molecular weight excluding hydrogens is 320 g/mol. The first-order chi connectivity index (χ1) is 12.1. The van der Waals surface area contributed by atoms with Crippen molar-refractivity contribution in [2.75, 3.05) is 44.7 Å². The summed E-state index contributed by atoms with van der Waals surface area (Å²) in [7, 11) is 0. The van der Waals surface area contributed by atoms with Crippen LogP contribution >= 0.6 is 0 Å². The minimum atomic E-state index is -0.181. The third kappa shape index (κ3) is 4.42. The summed E-state index contributed by atoms with van der Waals surface area (Å²) >= 11 is 0. The first-order valence-electron chi connectivity index (χ1n) is 8.80. The van der Waals surface area contributed by atoms with Crippen LogP contribution in [-0.4, -0.2) is 61.3 Å². The molecule has 2 aliphatic rings. The number of nitrogens with one attached hydrogen (secondary N) is 2. The van der Waals surface area contributed by atoms with E-state index in [1.807, 2.05) is 6.92 Å². The second-order valence-corrected chi connectivity index (χ2v) is 6.74. The van der Waals surface area contributed by atoms with Gasteiger partial charge in [0.15, 0.2) is 5.96 Å². The van der Waals surface area contributed by atoms with E-state index in [2.05, 4.69) is 20.5 Å². The zero-order valence-electron chi connectivity index (χ0n) is 14.6. The summed E-state index contributed by atoms with van der Waals surface area (Å²) in [6.07, 6.45) is 2.21. The first kappa shape index (κ1) is 17.5. The van der Waals surface area contributed by atoms with E-state index in [9.17, 15) is 9.90 Å². The average molecular weight is 346 g/mol. The normalized spacial score (nSPS) is 23.2. The number of guanidine groups is 1. The van der Waals surface area contributed by atoms with Gasteiger partial charge in [-0.2, -0.15) is 0 Å². The lowest BCUT2D eigenvalue weighted by atomic mass is 9.87. The Morgan fingerprint density at radius 3 is 2.84 bits per heavy atom. The van der Waals surface area contributed by atoms with Crippen molar-refractivity contribution in [3.8, 4) is 5.75 Å². The molecule has 1 amide bonds. The number of ether oxygens (including phenoxy) is 1. The average Bonchev–Trinajstić information content (AvgIpc) is 3.24. The standard InChI is InChI=1S/C18H26N4O3/c1-2-19-17(22-9-7-18(12-22)8-10-25-13-18)20-11-16(24)21-14-3-5-15(23)6-4-14/h3-6,23H,2,7-13H2,1H3,(H,19,20)(H,21,24). The van der Waals surface area contributed by atoms with Crippen molar-refractivity contribution >= 4 is 17.6 Å². The Hall–Kier alpha value is -2.28.